The third-order valence-electron chi connectivity index (χ3n) is 3.03. The number of rotatable bonds is 6. The molecule has 1 aromatic carbocycles. The van der Waals surface area contributed by atoms with Crippen LogP contribution in [0.2, 0.25) is 0 Å². The number of carbonyl (C=O) groups is 2. The van der Waals surface area contributed by atoms with Crippen LogP contribution in [-0.2, 0) is 9.59 Å². The molecule has 0 atom stereocenters. The highest BCUT2D eigenvalue weighted by atomic mass is 32.2. The van der Waals surface area contributed by atoms with Gasteiger partial charge in [-0.3, -0.25) is 9.59 Å². The second-order valence-electron chi connectivity index (χ2n) is 4.97. The van der Waals surface area contributed by atoms with Crippen LogP contribution >= 0.6 is 23.1 Å². The second kappa shape index (κ2) is 8.07. The number of anilines is 1. The van der Waals surface area contributed by atoms with Crippen molar-refractivity contribution >= 4 is 40.6 Å². The Bertz CT molecular complexity index is 695. The number of thioether (sulfide) groups is 1. The Morgan fingerprint density at radius 1 is 1.13 bits per heavy atom. The Labute approximate surface area is 143 Å². The molecule has 0 bridgehead atoms. The molecule has 0 fully saturated rings. The van der Waals surface area contributed by atoms with Gasteiger partial charge in [0.15, 0.2) is 4.34 Å². The van der Waals surface area contributed by atoms with Gasteiger partial charge in [0.1, 0.15) is 5.01 Å². The first kappa shape index (κ1) is 17.4. The van der Waals surface area contributed by atoms with Crippen LogP contribution in [0.15, 0.2) is 22.5 Å². The first-order valence-electron chi connectivity index (χ1n) is 7.01. The molecule has 8 heteroatoms. The Kier molecular flexibility index (Phi) is 6.12. The molecule has 2 aromatic rings. The van der Waals surface area contributed by atoms with E-state index in [1.807, 2.05) is 39.0 Å². The largest absolute Gasteiger partial charge is 0.346 e. The molecule has 0 saturated heterocycles. The van der Waals surface area contributed by atoms with Crippen molar-refractivity contribution in [3.05, 3.63) is 34.3 Å². The Morgan fingerprint density at radius 3 is 2.43 bits per heavy atom. The van der Waals surface area contributed by atoms with E-state index in [4.69, 9.17) is 0 Å². The number of hydrogen-bond acceptors (Lipinski definition) is 6. The van der Waals surface area contributed by atoms with Gasteiger partial charge in [-0.25, -0.2) is 0 Å². The zero-order valence-corrected chi connectivity index (χ0v) is 14.8. The van der Waals surface area contributed by atoms with Crippen LogP contribution in [0.4, 0.5) is 5.69 Å². The van der Waals surface area contributed by atoms with Gasteiger partial charge in [-0.05, 0) is 31.9 Å². The molecule has 0 unspecified atom stereocenters. The summed E-state index contributed by atoms with van der Waals surface area (Å²) in [7, 11) is 0. The number of carbonyl (C=O) groups excluding carboxylic acids is 2. The molecule has 23 heavy (non-hydrogen) atoms. The molecule has 0 aliphatic heterocycles. The lowest BCUT2D eigenvalue weighted by molar-refractivity contribution is -0.122. The number of hydrogen-bond donors (Lipinski definition) is 2. The van der Waals surface area contributed by atoms with Gasteiger partial charge in [-0.15, -0.1) is 10.2 Å². The number of benzene rings is 1. The summed E-state index contributed by atoms with van der Waals surface area (Å²) in [6, 6.07) is 5.80. The number of nitrogens with zero attached hydrogens (tertiary/aromatic N) is 2. The highest BCUT2D eigenvalue weighted by molar-refractivity contribution is 8.01. The maximum Gasteiger partial charge on any atom is 0.243 e. The minimum atomic E-state index is -0.243. The number of aryl methyl sites for hydroxylation is 3. The summed E-state index contributed by atoms with van der Waals surface area (Å²) in [6.07, 6.45) is 0. The van der Waals surface area contributed by atoms with Crippen molar-refractivity contribution < 1.29 is 9.59 Å². The molecular formula is C15H18N4O2S2. The van der Waals surface area contributed by atoms with E-state index < -0.39 is 0 Å². The Morgan fingerprint density at radius 2 is 1.83 bits per heavy atom. The monoisotopic (exact) mass is 350 g/mol. The molecule has 122 valence electrons. The van der Waals surface area contributed by atoms with Gasteiger partial charge in [0.25, 0.3) is 0 Å². The summed E-state index contributed by atoms with van der Waals surface area (Å²) in [5, 5.41) is 14.1. The summed E-state index contributed by atoms with van der Waals surface area (Å²) in [4.78, 5) is 23.7. The molecule has 0 aliphatic carbocycles. The smallest absolute Gasteiger partial charge is 0.243 e. The molecule has 2 amide bonds. The fourth-order valence-electron chi connectivity index (χ4n) is 1.89. The van der Waals surface area contributed by atoms with E-state index in [1.165, 1.54) is 23.1 Å². The Balaban J connectivity index is 1.76. The van der Waals surface area contributed by atoms with Gasteiger partial charge in [0.2, 0.25) is 11.8 Å². The van der Waals surface area contributed by atoms with Crippen LogP contribution < -0.4 is 10.6 Å². The topological polar surface area (TPSA) is 84.0 Å². The number of amides is 2. The Hall–Kier alpha value is -1.93. The predicted octanol–water partition coefficient (Wildman–Crippen LogP) is 2.31. The minimum Gasteiger partial charge on any atom is -0.346 e. The van der Waals surface area contributed by atoms with Gasteiger partial charge >= 0.3 is 0 Å². The summed E-state index contributed by atoms with van der Waals surface area (Å²) < 4.78 is 0.748. The molecule has 2 rings (SSSR count). The molecule has 6 nitrogen and oxygen atoms in total. The lowest BCUT2D eigenvalue weighted by Gasteiger charge is -2.11. The van der Waals surface area contributed by atoms with Crippen LogP contribution in [0.25, 0.3) is 0 Å². The van der Waals surface area contributed by atoms with E-state index >= 15 is 0 Å². The lowest BCUT2D eigenvalue weighted by Crippen LogP contribution is -2.34. The predicted molar refractivity (Wildman–Crippen MR) is 92.9 cm³/mol. The third kappa shape index (κ3) is 5.33. The van der Waals surface area contributed by atoms with Gasteiger partial charge in [0.05, 0.1) is 12.3 Å². The standard InChI is InChI=1S/C15H18N4O2S2/c1-9-5-4-6-10(2)14(9)17-12(20)7-16-13(21)8-22-15-19-18-11(3)23-15/h4-6H,7-8H2,1-3H3,(H,16,21)(H,17,20). The van der Waals surface area contributed by atoms with Crippen molar-refractivity contribution in [2.75, 3.05) is 17.6 Å². The molecular weight excluding hydrogens is 332 g/mol. The second-order valence-corrected chi connectivity index (χ2v) is 7.37. The van der Waals surface area contributed by atoms with Crippen molar-refractivity contribution in [3.8, 4) is 0 Å². The summed E-state index contributed by atoms with van der Waals surface area (Å²) in [6.45, 7) is 5.67. The molecule has 1 aromatic heterocycles. The minimum absolute atomic E-state index is 0.0533. The molecule has 2 N–H and O–H groups in total. The van der Waals surface area contributed by atoms with Gasteiger partial charge in [0, 0.05) is 5.69 Å². The van der Waals surface area contributed by atoms with E-state index in [1.54, 1.807) is 0 Å². The summed E-state index contributed by atoms with van der Waals surface area (Å²) in [5.41, 5.74) is 2.78. The number of nitrogens with one attached hydrogen (secondary N) is 2. The van der Waals surface area contributed by atoms with E-state index in [0.717, 1.165) is 26.2 Å². The van der Waals surface area contributed by atoms with Gasteiger partial charge in [-0.1, -0.05) is 41.3 Å². The molecule has 0 spiro atoms. The number of para-hydroxylation sites is 1. The van der Waals surface area contributed by atoms with Crippen molar-refractivity contribution in [1.29, 1.82) is 0 Å². The summed E-state index contributed by atoms with van der Waals surface area (Å²) >= 11 is 2.75. The normalized spacial score (nSPS) is 10.4. The van der Waals surface area contributed by atoms with Crippen molar-refractivity contribution in [3.63, 3.8) is 0 Å². The molecule has 0 saturated carbocycles. The first-order chi connectivity index (χ1) is 11.0. The maximum atomic E-state index is 11.9. The zero-order chi connectivity index (χ0) is 16.8. The van der Waals surface area contributed by atoms with Gasteiger partial charge in [-0.2, -0.15) is 0 Å². The highest BCUT2D eigenvalue weighted by Crippen LogP contribution is 2.21. The maximum absolute atomic E-state index is 11.9. The molecule has 1 heterocycles. The fraction of sp³-hybridized carbons (Fsp3) is 0.333. The van der Waals surface area contributed by atoms with Crippen LogP contribution in [0.3, 0.4) is 0 Å². The highest BCUT2D eigenvalue weighted by Gasteiger charge is 2.10. The van der Waals surface area contributed by atoms with Crippen LogP contribution in [0.1, 0.15) is 16.1 Å². The summed E-state index contributed by atoms with van der Waals surface area (Å²) in [5.74, 6) is -0.238. The SMILES string of the molecule is Cc1nnc(SCC(=O)NCC(=O)Nc2c(C)cccc2C)s1. The van der Waals surface area contributed by atoms with E-state index in [2.05, 4.69) is 20.8 Å². The van der Waals surface area contributed by atoms with Crippen LogP contribution in [-0.4, -0.2) is 34.3 Å². The third-order valence-corrected chi connectivity index (χ3v) is 5.00. The van der Waals surface area contributed by atoms with E-state index in [-0.39, 0.29) is 24.1 Å². The molecule has 0 aliphatic rings. The zero-order valence-electron chi connectivity index (χ0n) is 13.2. The van der Waals surface area contributed by atoms with E-state index in [9.17, 15) is 9.59 Å². The quantitative estimate of drug-likeness (QED) is 0.781. The van der Waals surface area contributed by atoms with Crippen LogP contribution in [0.5, 0.6) is 0 Å². The average Bonchev–Trinajstić information content (AvgIpc) is 2.92. The van der Waals surface area contributed by atoms with Crippen molar-refractivity contribution in [2.24, 2.45) is 0 Å². The fourth-order valence-corrected chi connectivity index (χ4v) is 3.53. The van der Waals surface area contributed by atoms with E-state index in [0.29, 0.717) is 0 Å². The van der Waals surface area contributed by atoms with Crippen LogP contribution in [0, 0.1) is 20.8 Å². The van der Waals surface area contributed by atoms with Crippen molar-refractivity contribution in [2.45, 2.75) is 25.1 Å². The average molecular weight is 350 g/mol. The number of aromatic nitrogens is 2. The van der Waals surface area contributed by atoms with Gasteiger partial charge < -0.3 is 10.6 Å². The lowest BCUT2D eigenvalue weighted by atomic mass is 10.1. The van der Waals surface area contributed by atoms with Crippen molar-refractivity contribution in [1.82, 2.24) is 15.5 Å². The molecule has 0 radical (unpaired) electrons. The first-order valence-corrected chi connectivity index (χ1v) is 8.81.